The van der Waals surface area contributed by atoms with Gasteiger partial charge in [-0.15, -0.1) is 0 Å². The molecule has 122 valence electrons. The van der Waals surface area contributed by atoms with Gasteiger partial charge in [-0.05, 0) is 44.4 Å². The van der Waals surface area contributed by atoms with E-state index in [0.717, 1.165) is 5.56 Å². The molecule has 1 heterocycles. The van der Waals surface area contributed by atoms with Gasteiger partial charge in [0.1, 0.15) is 0 Å². The molecule has 1 fully saturated rings. The zero-order chi connectivity index (χ0) is 15.4. The number of aliphatic hydroxyl groups is 1. The maximum atomic E-state index is 10.3. The van der Waals surface area contributed by atoms with Gasteiger partial charge in [-0.1, -0.05) is 24.5 Å². The van der Waals surface area contributed by atoms with E-state index in [1.165, 1.54) is 51.4 Å². The summed E-state index contributed by atoms with van der Waals surface area (Å²) in [5.74, 6) is 0.690. The average molecular weight is 303 g/mol. The lowest BCUT2D eigenvalue weighted by molar-refractivity contribution is 0.158. The molecule has 4 heteroatoms. The van der Waals surface area contributed by atoms with Crippen molar-refractivity contribution < 1.29 is 5.11 Å². The highest BCUT2D eigenvalue weighted by Gasteiger charge is 2.28. The molecule has 0 radical (unpaired) electrons. The highest BCUT2D eigenvalue weighted by Crippen LogP contribution is 2.35. The quantitative estimate of drug-likeness (QED) is 0.822. The molecule has 0 amide bonds. The van der Waals surface area contributed by atoms with E-state index >= 15 is 0 Å². The fourth-order valence-electron chi connectivity index (χ4n) is 4.01. The second-order valence-electron chi connectivity index (χ2n) is 6.89. The number of allylic oxidation sites excluding steroid dienone is 1. The van der Waals surface area contributed by atoms with E-state index in [4.69, 9.17) is 0 Å². The second kappa shape index (κ2) is 7.42. The Hall–Kier alpha value is -1.13. The van der Waals surface area contributed by atoms with Crippen LogP contribution in [0.25, 0.3) is 0 Å². The number of aryl methyl sites for hydroxylation is 1. The Morgan fingerprint density at radius 2 is 2.18 bits per heavy atom. The predicted octanol–water partition coefficient (Wildman–Crippen LogP) is 3.10. The molecular formula is C18H29N3O. The Bertz CT molecular complexity index is 508. The summed E-state index contributed by atoms with van der Waals surface area (Å²) in [6, 6.07) is 0.532. The number of nitrogens with zero attached hydrogens (tertiary/aromatic N) is 2. The number of nitrogens with one attached hydrogen (secondary N) is 1. The van der Waals surface area contributed by atoms with E-state index in [9.17, 15) is 5.11 Å². The van der Waals surface area contributed by atoms with E-state index in [2.05, 4.69) is 16.5 Å². The molecule has 0 aliphatic heterocycles. The third kappa shape index (κ3) is 3.79. The first-order chi connectivity index (χ1) is 10.7. The predicted molar refractivity (Wildman–Crippen MR) is 88.5 cm³/mol. The Kier molecular flexibility index (Phi) is 5.32. The molecule has 3 rings (SSSR count). The Labute approximate surface area is 133 Å². The van der Waals surface area contributed by atoms with E-state index in [-0.39, 0.29) is 0 Å². The summed E-state index contributed by atoms with van der Waals surface area (Å²) in [4.78, 5) is 0. The van der Waals surface area contributed by atoms with Crippen LogP contribution in [0.4, 0.5) is 0 Å². The molecule has 0 saturated heterocycles. The highest BCUT2D eigenvalue weighted by atomic mass is 16.3. The monoisotopic (exact) mass is 303 g/mol. The van der Waals surface area contributed by atoms with Crippen LogP contribution < -0.4 is 5.32 Å². The van der Waals surface area contributed by atoms with E-state index < -0.39 is 6.10 Å². The molecule has 2 N–H and O–H groups in total. The van der Waals surface area contributed by atoms with Crippen LogP contribution in [0.15, 0.2) is 24.0 Å². The van der Waals surface area contributed by atoms with E-state index in [1.54, 1.807) is 16.5 Å². The van der Waals surface area contributed by atoms with Crippen LogP contribution in [-0.4, -0.2) is 27.5 Å². The van der Waals surface area contributed by atoms with Crippen molar-refractivity contribution in [1.29, 1.82) is 0 Å². The van der Waals surface area contributed by atoms with Gasteiger partial charge >= 0.3 is 0 Å². The van der Waals surface area contributed by atoms with Gasteiger partial charge in [0.25, 0.3) is 0 Å². The van der Waals surface area contributed by atoms with E-state index in [0.29, 0.717) is 18.5 Å². The smallest absolute Gasteiger partial charge is 0.0944 e. The Morgan fingerprint density at radius 1 is 1.32 bits per heavy atom. The molecule has 1 aromatic heterocycles. The standard InChI is InChI=1S/C18H29N3O/c1-21-13-15(11-20-21)18(22)12-19-17-10-6-5-9-16(17)14-7-3-2-4-8-14/h7,11,13,16-19,22H,2-6,8-10,12H2,1H3/t16-,17-,18+/m0/s1. The van der Waals surface area contributed by atoms with Crippen LogP contribution in [0, 0.1) is 5.92 Å². The highest BCUT2D eigenvalue weighted by molar-refractivity contribution is 5.14. The largest absolute Gasteiger partial charge is 0.387 e. The molecule has 2 aliphatic rings. The SMILES string of the molecule is Cn1cc([C@H](O)CN[C@H]2CCCC[C@H]2C2=CCCCC2)cn1. The molecule has 4 nitrogen and oxygen atoms in total. The second-order valence-corrected chi connectivity index (χ2v) is 6.89. The lowest BCUT2D eigenvalue weighted by Crippen LogP contribution is -2.41. The van der Waals surface area contributed by atoms with Gasteiger partial charge in [0.05, 0.1) is 12.3 Å². The Balaban J connectivity index is 1.58. The van der Waals surface area contributed by atoms with Crippen molar-refractivity contribution in [1.82, 2.24) is 15.1 Å². The molecule has 3 atom stereocenters. The van der Waals surface area contributed by atoms with Gasteiger partial charge in [-0.25, -0.2) is 0 Å². The summed E-state index contributed by atoms with van der Waals surface area (Å²) in [7, 11) is 1.89. The van der Waals surface area contributed by atoms with Gasteiger partial charge in [0.2, 0.25) is 0 Å². The molecule has 1 aromatic rings. The first kappa shape index (κ1) is 15.8. The van der Waals surface area contributed by atoms with Crippen LogP contribution >= 0.6 is 0 Å². The molecule has 1 saturated carbocycles. The summed E-state index contributed by atoms with van der Waals surface area (Å²) >= 11 is 0. The van der Waals surface area contributed by atoms with Crippen LogP contribution in [0.2, 0.25) is 0 Å². The lowest BCUT2D eigenvalue weighted by atomic mass is 9.76. The normalized spacial score (nSPS) is 27.5. The van der Waals surface area contributed by atoms with Gasteiger partial charge in [-0.3, -0.25) is 4.68 Å². The van der Waals surface area contributed by atoms with Crippen molar-refractivity contribution in [2.75, 3.05) is 6.54 Å². The molecular weight excluding hydrogens is 274 g/mol. The number of hydrogen-bond donors (Lipinski definition) is 2. The van der Waals surface area contributed by atoms with Gasteiger partial charge in [0, 0.05) is 31.4 Å². The fourth-order valence-corrected chi connectivity index (χ4v) is 4.01. The van der Waals surface area contributed by atoms with Crippen LogP contribution in [-0.2, 0) is 7.05 Å². The van der Waals surface area contributed by atoms with Crippen LogP contribution in [0.5, 0.6) is 0 Å². The van der Waals surface area contributed by atoms with Gasteiger partial charge in [-0.2, -0.15) is 5.10 Å². The molecule has 0 unspecified atom stereocenters. The fraction of sp³-hybridized carbons (Fsp3) is 0.722. The minimum atomic E-state index is -0.461. The van der Waals surface area contributed by atoms with Crippen LogP contribution in [0.3, 0.4) is 0 Å². The first-order valence-electron chi connectivity index (χ1n) is 8.83. The van der Waals surface area contributed by atoms with Crippen molar-refractivity contribution in [2.45, 2.75) is 63.5 Å². The zero-order valence-corrected chi connectivity index (χ0v) is 13.7. The first-order valence-corrected chi connectivity index (χ1v) is 8.83. The van der Waals surface area contributed by atoms with Crippen molar-refractivity contribution in [2.24, 2.45) is 13.0 Å². The zero-order valence-electron chi connectivity index (χ0n) is 13.7. The van der Waals surface area contributed by atoms with Crippen molar-refractivity contribution >= 4 is 0 Å². The lowest BCUT2D eigenvalue weighted by Gasteiger charge is -2.36. The molecule has 22 heavy (non-hydrogen) atoms. The van der Waals surface area contributed by atoms with Crippen molar-refractivity contribution in [3.8, 4) is 0 Å². The summed E-state index contributed by atoms with van der Waals surface area (Å²) in [6.45, 7) is 0.625. The summed E-state index contributed by atoms with van der Waals surface area (Å²) in [6.07, 6.45) is 16.2. The summed E-state index contributed by atoms with van der Waals surface area (Å²) in [5.41, 5.74) is 2.58. The van der Waals surface area contributed by atoms with E-state index in [1.807, 2.05) is 13.2 Å². The number of rotatable bonds is 5. The summed E-state index contributed by atoms with van der Waals surface area (Å²) in [5, 5.41) is 18.1. The molecule has 0 bridgehead atoms. The third-order valence-electron chi connectivity index (χ3n) is 5.25. The minimum absolute atomic E-state index is 0.461. The average Bonchev–Trinajstić information content (AvgIpc) is 3.00. The topological polar surface area (TPSA) is 50.1 Å². The maximum Gasteiger partial charge on any atom is 0.0944 e. The Morgan fingerprint density at radius 3 is 2.91 bits per heavy atom. The minimum Gasteiger partial charge on any atom is -0.387 e. The number of aromatic nitrogens is 2. The van der Waals surface area contributed by atoms with Crippen LogP contribution in [0.1, 0.15) is 63.0 Å². The number of hydrogen-bond acceptors (Lipinski definition) is 3. The van der Waals surface area contributed by atoms with Gasteiger partial charge < -0.3 is 10.4 Å². The van der Waals surface area contributed by atoms with Crippen molar-refractivity contribution in [3.05, 3.63) is 29.6 Å². The number of aliphatic hydroxyl groups excluding tert-OH is 1. The maximum absolute atomic E-state index is 10.3. The molecule has 0 aromatic carbocycles. The van der Waals surface area contributed by atoms with Crippen molar-refractivity contribution in [3.63, 3.8) is 0 Å². The summed E-state index contributed by atoms with van der Waals surface area (Å²) < 4.78 is 1.74. The molecule has 2 aliphatic carbocycles. The third-order valence-corrected chi connectivity index (χ3v) is 5.25. The molecule has 0 spiro atoms. The van der Waals surface area contributed by atoms with Gasteiger partial charge in [0.15, 0.2) is 0 Å².